The van der Waals surface area contributed by atoms with Gasteiger partial charge < -0.3 is 14.5 Å². The van der Waals surface area contributed by atoms with Crippen LogP contribution in [0.5, 0.6) is 5.88 Å². The van der Waals surface area contributed by atoms with Gasteiger partial charge >= 0.3 is 0 Å². The van der Waals surface area contributed by atoms with Gasteiger partial charge in [-0.1, -0.05) is 0 Å². The third kappa shape index (κ3) is 2.41. The van der Waals surface area contributed by atoms with E-state index in [1.807, 2.05) is 4.90 Å². The van der Waals surface area contributed by atoms with Crippen LogP contribution in [0.2, 0.25) is 0 Å². The molecule has 0 spiro atoms. The minimum absolute atomic E-state index is 0.0167. The molecule has 6 heteroatoms. The van der Waals surface area contributed by atoms with Crippen molar-refractivity contribution in [1.82, 2.24) is 19.6 Å². The Hall–Kier alpha value is -1.56. The van der Waals surface area contributed by atoms with Gasteiger partial charge in [0, 0.05) is 39.3 Å². The second-order valence-corrected chi connectivity index (χ2v) is 4.29. The lowest BCUT2D eigenvalue weighted by atomic mass is 10.3. The highest BCUT2D eigenvalue weighted by Gasteiger charge is 2.23. The van der Waals surface area contributed by atoms with E-state index in [9.17, 15) is 4.79 Å². The summed E-state index contributed by atoms with van der Waals surface area (Å²) in [6, 6.07) is 1.68. The molecule has 0 aliphatic carbocycles. The molecule has 1 amide bonds. The number of amides is 1. The van der Waals surface area contributed by atoms with Gasteiger partial charge in [0.25, 0.3) is 5.91 Å². The number of nitrogens with zero attached hydrogens (tertiary/aromatic N) is 4. The van der Waals surface area contributed by atoms with Crippen LogP contribution < -0.4 is 4.74 Å². The number of rotatable bonds is 2. The molecule has 0 saturated carbocycles. The molecule has 0 N–H and O–H groups in total. The zero-order valence-corrected chi connectivity index (χ0v) is 10.5. The molecular formula is C11H18N4O2. The van der Waals surface area contributed by atoms with E-state index in [-0.39, 0.29) is 5.91 Å². The normalized spacial score (nSPS) is 17.2. The van der Waals surface area contributed by atoms with Gasteiger partial charge in [-0.05, 0) is 7.05 Å². The van der Waals surface area contributed by atoms with Crippen LogP contribution in [-0.4, -0.2) is 65.8 Å². The Morgan fingerprint density at radius 2 is 1.94 bits per heavy atom. The summed E-state index contributed by atoms with van der Waals surface area (Å²) < 4.78 is 6.67. The third-order valence-corrected chi connectivity index (χ3v) is 3.06. The van der Waals surface area contributed by atoms with Gasteiger partial charge in [0.2, 0.25) is 5.88 Å². The first-order valence-electron chi connectivity index (χ1n) is 5.67. The minimum Gasteiger partial charge on any atom is -0.481 e. The lowest BCUT2D eigenvalue weighted by Gasteiger charge is -2.31. The smallest absolute Gasteiger partial charge is 0.274 e. The Balaban J connectivity index is 2.08. The summed E-state index contributed by atoms with van der Waals surface area (Å²) in [6.07, 6.45) is 0. The van der Waals surface area contributed by atoms with Gasteiger partial charge in [-0.2, -0.15) is 5.10 Å². The number of ether oxygens (including phenoxy) is 1. The number of likely N-dealkylation sites (N-methyl/N-ethyl adjacent to an activating group) is 1. The molecule has 1 saturated heterocycles. The zero-order chi connectivity index (χ0) is 12.4. The SMILES string of the molecule is COc1cc(C(=O)N2CCN(C)CC2)nn1C. The van der Waals surface area contributed by atoms with Crippen LogP contribution in [0.4, 0.5) is 0 Å². The van der Waals surface area contributed by atoms with Crippen LogP contribution >= 0.6 is 0 Å². The molecule has 1 aliphatic heterocycles. The van der Waals surface area contributed by atoms with Crippen molar-refractivity contribution < 1.29 is 9.53 Å². The summed E-state index contributed by atoms with van der Waals surface area (Å²) in [5.74, 6) is 0.583. The van der Waals surface area contributed by atoms with Crippen LogP contribution in [0.3, 0.4) is 0 Å². The Labute approximate surface area is 101 Å². The number of carbonyl (C=O) groups is 1. The zero-order valence-electron chi connectivity index (χ0n) is 10.5. The molecule has 1 aromatic rings. The predicted molar refractivity (Wildman–Crippen MR) is 63.2 cm³/mol. The second kappa shape index (κ2) is 4.75. The lowest BCUT2D eigenvalue weighted by Crippen LogP contribution is -2.47. The first-order valence-corrected chi connectivity index (χ1v) is 5.67. The van der Waals surface area contributed by atoms with Gasteiger partial charge in [-0.3, -0.25) is 4.79 Å². The summed E-state index contributed by atoms with van der Waals surface area (Å²) in [6.45, 7) is 3.34. The Morgan fingerprint density at radius 1 is 1.29 bits per heavy atom. The molecule has 1 aliphatic rings. The number of hydrogen-bond donors (Lipinski definition) is 0. The first kappa shape index (κ1) is 11.9. The summed E-state index contributed by atoms with van der Waals surface area (Å²) in [4.78, 5) is 16.2. The molecule has 0 radical (unpaired) electrons. The Bertz CT molecular complexity index is 408. The maximum Gasteiger partial charge on any atom is 0.274 e. The molecular weight excluding hydrogens is 220 g/mol. The topological polar surface area (TPSA) is 50.6 Å². The average Bonchev–Trinajstić information content (AvgIpc) is 2.70. The van der Waals surface area contributed by atoms with Gasteiger partial charge in [-0.25, -0.2) is 4.68 Å². The van der Waals surface area contributed by atoms with E-state index in [0.29, 0.717) is 11.6 Å². The van der Waals surface area contributed by atoms with Crippen LogP contribution in [0.15, 0.2) is 6.07 Å². The number of hydrogen-bond acceptors (Lipinski definition) is 4. The van der Waals surface area contributed by atoms with E-state index in [1.165, 1.54) is 0 Å². The summed E-state index contributed by atoms with van der Waals surface area (Å²) in [7, 11) is 5.40. The molecule has 6 nitrogen and oxygen atoms in total. The lowest BCUT2D eigenvalue weighted by molar-refractivity contribution is 0.0657. The summed E-state index contributed by atoms with van der Waals surface area (Å²) in [5.41, 5.74) is 0.453. The number of aryl methyl sites for hydroxylation is 1. The van der Waals surface area contributed by atoms with Crippen molar-refractivity contribution in [2.45, 2.75) is 0 Å². The van der Waals surface area contributed by atoms with Crippen LogP contribution in [-0.2, 0) is 7.05 Å². The molecule has 0 unspecified atom stereocenters. The molecule has 1 fully saturated rings. The van der Waals surface area contributed by atoms with Crippen molar-refractivity contribution in [3.8, 4) is 5.88 Å². The molecule has 1 aromatic heterocycles. The van der Waals surface area contributed by atoms with Crippen molar-refractivity contribution in [3.05, 3.63) is 11.8 Å². The van der Waals surface area contributed by atoms with E-state index in [1.54, 1.807) is 24.9 Å². The van der Waals surface area contributed by atoms with Crippen LogP contribution in [0, 0.1) is 0 Å². The largest absolute Gasteiger partial charge is 0.481 e. The molecule has 2 rings (SSSR count). The summed E-state index contributed by atoms with van der Waals surface area (Å²) >= 11 is 0. The maximum absolute atomic E-state index is 12.2. The molecule has 17 heavy (non-hydrogen) atoms. The number of piperazine rings is 1. The highest BCUT2D eigenvalue weighted by Crippen LogP contribution is 2.13. The molecule has 0 bridgehead atoms. The number of carbonyl (C=O) groups excluding carboxylic acids is 1. The van der Waals surface area contributed by atoms with Gasteiger partial charge in [0.1, 0.15) is 0 Å². The predicted octanol–water partition coefficient (Wildman–Crippen LogP) is -0.184. The van der Waals surface area contributed by atoms with E-state index < -0.39 is 0 Å². The van der Waals surface area contributed by atoms with Gasteiger partial charge in [0.05, 0.1) is 7.11 Å². The van der Waals surface area contributed by atoms with Crippen molar-refractivity contribution in [1.29, 1.82) is 0 Å². The second-order valence-electron chi connectivity index (χ2n) is 4.29. The first-order chi connectivity index (χ1) is 8.11. The number of aromatic nitrogens is 2. The fourth-order valence-corrected chi connectivity index (χ4v) is 1.92. The molecule has 2 heterocycles. The van der Waals surface area contributed by atoms with E-state index in [2.05, 4.69) is 17.0 Å². The Morgan fingerprint density at radius 3 is 2.47 bits per heavy atom. The third-order valence-electron chi connectivity index (χ3n) is 3.06. The highest BCUT2D eigenvalue weighted by atomic mass is 16.5. The molecule has 94 valence electrons. The monoisotopic (exact) mass is 238 g/mol. The van der Waals surface area contributed by atoms with Crippen LogP contribution in [0.25, 0.3) is 0 Å². The minimum atomic E-state index is -0.0167. The van der Waals surface area contributed by atoms with E-state index in [4.69, 9.17) is 4.74 Å². The Kier molecular flexibility index (Phi) is 3.33. The maximum atomic E-state index is 12.2. The standard InChI is InChI=1S/C11H18N4O2/c1-13-4-6-15(7-5-13)11(16)9-8-10(17-3)14(2)12-9/h8H,4-7H2,1-3H3. The van der Waals surface area contributed by atoms with Crippen molar-refractivity contribution in [3.63, 3.8) is 0 Å². The number of methoxy groups -OCH3 is 1. The van der Waals surface area contributed by atoms with Crippen molar-refractivity contribution >= 4 is 5.91 Å². The fraction of sp³-hybridized carbons (Fsp3) is 0.636. The molecule has 0 aromatic carbocycles. The van der Waals surface area contributed by atoms with Crippen LogP contribution in [0.1, 0.15) is 10.5 Å². The van der Waals surface area contributed by atoms with Crippen molar-refractivity contribution in [2.75, 3.05) is 40.3 Å². The fourth-order valence-electron chi connectivity index (χ4n) is 1.92. The summed E-state index contributed by atoms with van der Waals surface area (Å²) in [5, 5.41) is 4.16. The molecule has 0 atom stereocenters. The average molecular weight is 238 g/mol. The highest BCUT2D eigenvalue weighted by molar-refractivity contribution is 5.92. The van der Waals surface area contributed by atoms with E-state index in [0.717, 1.165) is 26.2 Å². The van der Waals surface area contributed by atoms with E-state index >= 15 is 0 Å². The van der Waals surface area contributed by atoms with Gasteiger partial charge in [0.15, 0.2) is 5.69 Å². The van der Waals surface area contributed by atoms with Gasteiger partial charge in [-0.15, -0.1) is 0 Å². The van der Waals surface area contributed by atoms with Crippen molar-refractivity contribution in [2.24, 2.45) is 7.05 Å². The quantitative estimate of drug-likeness (QED) is 0.717.